The van der Waals surface area contributed by atoms with E-state index in [0.29, 0.717) is 10.3 Å². The van der Waals surface area contributed by atoms with Crippen LogP contribution in [0.4, 0.5) is 5.82 Å². The fourth-order valence-corrected chi connectivity index (χ4v) is 3.36. The molecule has 0 radical (unpaired) electrons. The summed E-state index contributed by atoms with van der Waals surface area (Å²) < 4.78 is 2.90. The van der Waals surface area contributed by atoms with Crippen LogP contribution in [0, 0.1) is 0 Å². The Morgan fingerprint density at radius 2 is 2.11 bits per heavy atom. The molecule has 0 spiro atoms. The van der Waals surface area contributed by atoms with Crippen molar-refractivity contribution in [3.8, 4) is 0 Å². The monoisotopic (exact) mass is 340 g/mol. The number of nitrogens with zero attached hydrogens (tertiary/aromatic N) is 5. The van der Waals surface area contributed by atoms with Gasteiger partial charge >= 0.3 is 0 Å². The van der Waals surface area contributed by atoms with Crippen LogP contribution in [0.1, 0.15) is 25.1 Å². The van der Waals surface area contributed by atoms with Gasteiger partial charge in [-0.15, -0.1) is 10.2 Å². The van der Waals surface area contributed by atoms with E-state index in [2.05, 4.69) is 40.7 Å². The summed E-state index contributed by atoms with van der Waals surface area (Å²) in [5.74, 6) is 1.51. The van der Waals surface area contributed by atoms with Crippen molar-refractivity contribution in [1.29, 1.82) is 0 Å². The molecule has 19 heavy (non-hydrogen) atoms. The molecule has 100 valence electrons. The van der Waals surface area contributed by atoms with E-state index in [1.54, 1.807) is 0 Å². The van der Waals surface area contributed by atoms with Crippen molar-refractivity contribution in [1.82, 2.24) is 24.7 Å². The minimum atomic E-state index is 0.438. The summed E-state index contributed by atoms with van der Waals surface area (Å²) in [7, 11) is 0. The van der Waals surface area contributed by atoms with Crippen LogP contribution >= 0.6 is 27.7 Å². The lowest BCUT2D eigenvalue weighted by Gasteiger charge is -2.07. The second-order valence-corrected chi connectivity index (χ2v) is 6.09. The van der Waals surface area contributed by atoms with Gasteiger partial charge in [0, 0.05) is 13.0 Å². The summed E-state index contributed by atoms with van der Waals surface area (Å²) in [5, 5.41) is 10.2. The summed E-state index contributed by atoms with van der Waals surface area (Å²) in [5.41, 5.74) is 5.76. The first kappa shape index (κ1) is 12.9. The molecule has 3 heterocycles. The normalized spacial score (nSPS) is 15.0. The highest BCUT2D eigenvalue weighted by Crippen LogP contribution is 2.33. The molecular weight excluding hydrogens is 328 g/mol. The summed E-state index contributed by atoms with van der Waals surface area (Å²) >= 11 is 4.88. The smallest absolute Gasteiger partial charge is 0.197 e. The Bertz CT molecular complexity index is 599. The fourth-order valence-electron chi connectivity index (χ4n) is 2.06. The molecule has 8 heteroatoms. The van der Waals surface area contributed by atoms with E-state index in [9.17, 15) is 0 Å². The molecule has 0 fully saturated rings. The molecule has 2 aromatic heterocycles. The molecule has 0 saturated carbocycles. The molecule has 3 rings (SSSR count). The number of rotatable bonds is 2. The number of fused-ring (bicyclic) bond motifs is 1. The van der Waals surface area contributed by atoms with Crippen molar-refractivity contribution in [2.24, 2.45) is 0 Å². The zero-order chi connectivity index (χ0) is 13.2. The Morgan fingerprint density at radius 1 is 1.21 bits per heavy atom. The van der Waals surface area contributed by atoms with Crippen molar-refractivity contribution in [3.05, 3.63) is 16.6 Å². The highest BCUT2D eigenvalue weighted by atomic mass is 79.9. The van der Waals surface area contributed by atoms with E-state index in [4.69, 9.17) is 5.73 Å². The predicted octanol–water partition coefficient (Wildman–Crippen LogP) is 2.29. The highest BCUT2D eigenvalue weighted by Gasteiger charge is 2.17. The zero-order valence-corrected chi connectivity index (χ0v) is 12.6. The first-order chi connectivity index (χ1) is 9.25. The maximum Gasteiger partial charge on any atom is 0.197 e. The molecule has 0 bridgehead atoms. The molecule has 1 aliphatic rings. The second kappa shape index (κ2) is 5.46. The topological polar surface area (TPSA) is 82.5 Å². The zero-order valence-electron chi connectivity index (χ0n) is 10.2. The molecule has 2 N–H and O–H groups in total. The molecule has 6 nitrogen and oxygen atoms in total. The first-order valence-electron chi connectivity index (χ1n) is 6.11. The Balaban J connectivity index is 1.91. The minimum Gasteiger partial charge on any atom is -0.383 e. The van der Waals surface area contributed by atoms with Gasteiger partial charge in [-0.3, -0.25) is 0 Å². The molecule has 0 aliphatic carbocycles. The molecule has 0 atom stereocenters. The predicted molar refractivity (Wildman–Crippen MR) is 75.8 cm³/mol. The van der Waals surface area contributed by atoms with Gasteiger partial charge in [0.25, 0.3) is 0 Å². The van der Waals surface area contributed by atoms with Crippen LogP contribution < -0.4 is 5.73 Å². The van der Waals surface area contributed by atoms with Crippen LogP contribution in [0.5, 0.6) is 0 Å². The van der Waals surface area contributed by atoms with E-state index < -0.39 is 0 Å². The molecule has 1 aliphatic heterocycles. The van der Waals surface area contributed by atoms with Crippen molar-refractivity contribution in [2.75, 3.05) is 5.73 Å². The van der Waals surface area contributed by atoms with Gasteiger partial charge in [-0.1, -0.05) is 6.42 Å². The molecule has 2 aromatic rings. The molecule has 0 aromatic carbocycles. The molecule has 0 saturated heterocycles. The van der Waals surface area contributed by atoms with Gasteiger partial charge in [0.1, 0.15) is 23.0 Å². The Labute approximate surface area is 123 Å². The largest absolute Gasteiger partial charge is 0.383 e. The van der Waals surface area contributed by atoms with E-state index >= 15 is 0 Å². The van der Waals surface area contributed by atoms with Gasteiger partial charge in [0.15, 0.2) is 5.16 Å². The van der Waals surface area contributed by atoms with Crippen molar-refractivity contribution in [2.45, 2.75) is 42.4 Å². The summed E-state index contributed by atoms with van der Waals surface area (Å²) in [4.78, 5) is 8.16. The van der Waals surface area contributed by atoms with E-state index in [1.807, 2.05) is 0 Å². The van der Waals surface area contributed by atoms with Crippen molar-refractivity contribution in [3.63, 3.8) is 0 Å². The summed E-state index contributed by atoms with van der Waals surface area (Å²) in [6.45, 7) is 0.975. The van der Waals surface area contributed by atoms with Crippen LogP contribution in [-0.2, 0) is 13.0 Å². The van der Waals surface area contributed by atoms with Crippen molar-refractivity contribution < 1.29 is 0 Å². The van der Waals surface area contributed by atoms with Gasteiger partial charge in [-0.2, -0.15) is 0 Å². The quantitative estimate of drug-likeness (QED) is 0.844. The number of hydrogen-bond acceptors (Lipinski definition) is 6. The van der Waals surface area contributed by atoms with Gasteiger partial charge in [-0.05, 0) is 40.5 Å². The van der Waals surface area contributed by atoms with Gasteiger partial charge in [-0.25, -0.2) is 9.97 Å². The van der Waals surface area contributed by atoms with Crippen LogP contribution in [0.25, 0.3) is 0 Å². The van der Waals surface area contributed by atoms with Crippen LogP contribution in [0.3, 0.4) is 0 Å². The number of aryl methyl sites for hydroxylation is 1. The lowest BCUT2D eigenvalue weighted by Crippen LogP contribution is -2.02. The SMILES string of the molecule is Nc1ncnc(Sc2nnc3n2CCCCC3)c1Br. The lowest BCUT2D eigenvalue weighted by atomic mass is 10.2. The third-order valence-corrected chi connectivity index (χ3v) is 5.08. The maximum atomic E-state index is 5.76. The number of nitrogens with two attached hydrogens (primary N) is 1. The third kappa shape index (κ3) is 2.59. The minimum absolute atomic E-state index is 0.438. The third-order valence-electron chi connectivity index (χ3n) is 3.05. The molecule has 0 amide bonds. The first-order valence-corrected chi connectivity index (χ1v) is 7.72. The van der Waals surface area contributed by atoms with Gasteiger partial charge in [0.2, 0.25) is 0 Å². The number of nitrogen functional groups attached to an aromatic ring is 1. The van der Waals surface area contributed by atoms with E-state index in [-0.39, 0.29) is 0 Å². The van der Waals surface area contributed by atoms with E-state index in [1.165, 1.54) is 37.4 Å². The highest BCUT2D eigenvalue weighted by molar-refractivity contribution is 9.10. The maximum absolute atomic E-state index is 5.76. The average Bonchev–Trinajstić information content (AvgIpc) is 2.63. The number of aromatic nitrogens is 5. The average molecular weight is 341 g/mol. The van der Waals surface area contributed by atoms with Crippen molar-refractivity contribution >= 4 is 33.5 Å². The molecular formula is C11H13BrN6S. The standard InChI is InChI=1S/C11H13BrN6S/c12-8-9(13)14-6-15-10(8)19-11-17-16-7-4-2-1-3-5-18(7)11/h6H,1-5H2,(H2,13,14,15). The second-order valence-electron chi connectivity index (χ2n) is 4.34. The molecule has 0 unspecified atom stereocenters. The number of halogens is 1. The van der Waals surface area contributed by atoms with Crippen LogP contribution in [0.2, 0.25) is 0 Å². The van der Waals surface area contributed by atoms with Gasteiger partial charge in [0.05, 0.1) is 4.47 Å². The fraction of sp³-hybridized carbons (Fsp3) is 0.455. The summed E-state index contributed by atoms with van der Waals surface area (Å²) in [6.07, 6.45) is 6.07. The number of hydrogen-bond donors (Lipinski definition) is 1. The Hall–Kier alpha value is -1.15. The Morgan fingerprint density at radius 3 is 3.00 bits per heavy atom. The van der Waals surface area contributed by atoms with Crippen LogP contribution in [-0.4, -0.2) is 24.7 Å². The Kier molecular flexibility index (Phi) is 3.69. The lowest BCUT2D eigenvalue weighted by molar-refractivity contribution is 0.590. The van der Waals surface area contributed by atoms with Crippen LogP contribution in [0.15, 0.2) is 21.0 Å². The van der Waals surface area contributed by atoms with Gasteiger partial charge < -0.3 is 10.3 Å². The number of anilines is 1. The summed E-state index contributed by atoms with van der Waals surface area (Å²) in [6, 6.07) is 0. The van der Waals surface area contributed by atoms with E-state index in [0.717, 1.165) is 29.0 Å².